The number of tetrazole rings is 1. The first kappa shape index (κ1) is 16.3. The second-order valence-corrected chi connectivity index (χ2v) is 5.55. The highest BCUT2D eigenvalue weighted by Gasteiger charge is 2.12. The van der Waals surface area contributed by atoms with E-state index in [0.717, 1.165) is 5.56 Å². The van der Waals surface area contributed by atoms with Crippen molar-refractivity contribution in [2.75, 3.05) is 6.61 Å². The van der Waals surface area contributed by atoms with E-state index in [4.69, 9.17) is 16.3 Å². The van der Waals surface area contributed by atoms with Gasteiger partial charge in [0.15, 0.2) is 0 Å². The van der Waals surface area contributed by atoms with Crippen molar-refractivity contribution in [1.82, 2.24) is 25.2 Å². The Morgan fingerprint density at radius 1 is 1.29 bits per heavy atom. The molecule has 24 heavy (non-hydrogen) atoms. The minimum Gasteiger partial charge on any atom is -0.478 e. The van der Waals surface area contributed by atoms with Gasteiger partial charge in [-0.2, -0.15) is 0 Å². The van der Waals surface area contributed by atoms with Crippen LogP contribution in [-0.4, -0.2) is 31.8 Å². The zero-order valence-electron chi connectivity index (χ0n) is 13.2. The van der Waals surface area contributed by atoms with E-state index < -0.39 is 5.82 Å². The average Bonchev–Trinajstić information content (AvgIpc) is 2.97. The monoisotopic (exact) mass is 347 g/mol. The lowest BCUT2D eigenvalue weighted by molar-refractivity contribution is 0.328. The first-order valence-electron chi connectivity index (χ1n) is 7.38. The molecule has 0 fully saturated rings. The molecule has 0 N–H and O–H groups in total. The number of halogens is 2. The van der Waals surface area contributed by atoms with Crippen molar-refractivity contribution >= 4 is 11.6 Å². The predicted molar refractivity (Wildman–Crippen MR) is 87.5 cm³/mol. The molecule has 3 aromatic rings. The summed E-state index contributed by atoms with van der Waals surface area (Å²) in [6.07, 6.45) is 1.70. The molecule has 0 aliphatic rings. The first-order valence-corrected chi connectivity index (χ1v) is 7.76. The minimum absolute atomic E-state index is 0.0742. The molecule has 124 valence electrons. The van der Waals surface area contributed by atoms with Gasteiger partial charge in [-0.05, 0) is 53.6 Å². The number of benzene rings is 1. The third-order valence-electron chi connectivity index (χ3n) is 3.46. The summed E-state index contributed by atoms with van der Waals surface area (Å²) in [5.41, 5.74) is 2.21. The van der Waals surface area contributed by atoms with Crippen LogP contribution in [0, 0.1) is 12.7 Å². The number of aromatic nitrogens is 5. The highest BCUT2D eigenvalue weighted by molar-refractivity contribution is 6.30. The summed E-state index contributed by atoms with van der Waals surface area (Å²) in [4.78, 5) is 4.35. The van der Waals surface area contributed by atoms with Gasteiger partial charge in [0.1, 0.15) is 11.6 Å². The van der Waals surface area contributed by atoms with Crippen LogP contribution >= 0.6 is 11.6 Å². The van der Waals surface area contributed by atoms with Crippen molar-refractivity contribution < 1.29 is 9.13 Å². The Labute approximate surface area is 143 Å². The number of aryl methyl sites for hydroxylation is 1. The Hall–Kier alpha value is -2.54. The summed E-state index contributed by atoms with van der Waals surface area (Å²) in [7, 11) is 0. The third kappa shape index (κ3) is 3.35. The second kappa shape index (κ2) is 6.92. The van der Waals surface area contributed by atoms with E-state index in [-0.39, 0.29) is 5.02 Å². The van der Waals surface area contributed by atoms with Crippen LogP contribution in [0.5, 0.6) is 5.88 Å². The van der Waals surface area contributed by atoms with Gasteiger partial charge in [0, 0.05) is 11.8 Å². The van der Waals surface area contributed by atoms with Gasteiger partial charge in [-0.1, -0.05) is 17.7 Å². The molecule has 3 rings (SSSR count). The van der Waals surface area contributed by atoms with Crippen molar-refractivity contribution in [1.29, 1.82) is 0 Å². The van der Waals surface area contributed by atoms with Crippen molar-refractivity contribution in [2.24, 2.45) is 0 Å². The maximum Gasteiger partial charge on any atom is 0.221 e. The molecule has 2 aromatic heterocycles. The Balaban J connectivity index is 2.02. The SMILES string of the molecule is CCOc1ncc(Cn2nnnc2C)cc1-c1ccc(Cl)c(F)c1. The fourth-order valence-electron chi connectivity index (χ4n) is 2.27. The van der Waals surface area contributed by atoms with Crippen LogP contribution < -0.4 is 4.74 Å². The third-order valence-corrected chi connectivity index (χ3v) is 3.77. The Bertz CT molecular complexity index is 867. The van der Waals surface area contributed by atoms with E-state index in [1.165, 1.54) is 12.1 Å². The van der Waals surface area contributed by atoms with Crippen LogP contribution in [0.1, 0.15) is 18.3 Å². The van der Waals surface area contributed by atoms with Crippen molar-refractivity contribution in [3.63, 3.8) is 0 Å². The molecule has 0 saturated heterocycles. The molecule has 6 nitrogen and oxygen atoms in total. The van der Waals surface area contributed by atoms with Gasteiger partial charge in [0.05, 0.1) is 18.2 Å². The lowest BCUT2D eigenvalue weighted by Crippen LogP contribution is -2.06. The second-order valence-electron chi connectivity index (χ2n) is 5.14. The molecule has 1 aromatic carbocycles. The molecule has 0 aliphatic heterocycles. The van der Waals surface area contributed by atoms with E-state index in [0.29, 0.717) is 36.0 Å². The molecule has 0 unspecified atom stereocenters. The van der Waals surface area contributed by atoms with Crippen LogP contribution in [0.4, 0.5) is 4.39 Å². The number of hydrogen-bond acceptors (Lipinski definition) is 5. The van der Waals surface area contributed by atoms with Crippen LogP contribution in [-0.2, 0) is 6.54 Å². The standard InChI is InChI=1S/C16H15ClFN5O/c1-3-24-16-13(12-4-5-14(17)15(18)7-12)6-11(8-19-16)9-23-10(2)20-21-22-23/h4-8H,3,9H2,1-2H3. The van der Waals surface area contributed by atoms with Gasteiger partial charge in [-0.25, -0.2) is 14.1 Å². The number of nitrogens with zero attached hydrogens (tertiary/aromatic N) is 5. The largest absolute Gasteiger partial charge is 0.478 e. The Morgan fingerprint density at radius 3 is 2.79 bits per heavy atom. The van der Waals surface area contributed by atoms with Crippen LogP contribution in [0.25, 0.3) is 11.1 Å². The molecule has 0 aliphatic carbocycles. The molecule has 0 atom stereocenters. The average molecular weight is 348 g/mol. The number of hydrogen-bond donors (Lipinski definition) is 0. The zero-order chi connectivity index (χ0) is 17.1. The Kier molecular flexibility index (Phi) is 4.71. The van der Waals surface area contributed by atoms with E-state index in [9.17, 15) is 4.39 Å². The number of pyridine rings is 1. The van der Waals surface area contributed by atoms with Gasteiger partial charge in [0.2, 0.25) is 5.88 Å². The van der Waals surface area contributed by atoms with Crippen molar-refractivity contribution in [3.05, 3.63) is 52.7 Å². The predicted octanol–water partition coefficient (Wildman–Crippen LogP) is 3.28. The van der Waals surface area contributed by atoms with Crippen molar-refractivity contribution in [2.45, 2.75) is 20.4 Å². The quantitative estimate of drug-likeness (QED) is 0.708. The molecule has 2 heterocycles. The molecule has 0 spiro atoms. The van der Waals surface area contributed by atoms with Gasteiger partial charge in [-0.3, -0.25) is 0 Å². The maximum absolute atomic E-state index is 13.8. The first-order chi connectivity index (χ1) is 11.6. The molecule has 0 bridgehead atoms. The molecular weight excluding hydrogens is 333 g/mol. The van der Waals surface area contributed by atoms with Crippen LogP contribution in [0.15, 0.2) is 30.5 Å². The van der Waals surface area contributed by atoms with Crippen LogP contribution in [0.2, 0.25) is 5.02 Å². The summed E-state index contributed by atoms with van der Waals surface area (Å²) in [5.74, 6) is 0.651. The van der Waals surface area contributed by atoms with Crippen molar-refractivity contribution in [3.8, 4) is 17.0 Å². The van der Waals surface area contributed by atoms with E-state index in [1.807, 2.05) is 19.9 Å². The number of ether oxygens (including phenoxy) is 1. The highest BCUT2D eigenvalue weighted by atomic mass is 35.5. The van der Waals surface area contributed by atoms with E-state index >= 15 is 0 Å². The summed E-state index contributed by atoms with van der Waals surface area (Å²) in [5, 5.41) is 11.5. The molecule has 0 radical (unpaired) electrons. The summed E-state index contributed by atoms with van der Waals surface area (Å²) in [6.45, 7) is 4.60. The fourth-order valence-corrected chi connectivity index (χ4v) is 2.39. The van der Waals surface area contributed by atoms with E-state index in [1.54, 1.807) is 16.9 Å². The zero-order valence-corrected chi connectivity index (χ0v) is 14.0. The highest BCUT2D eigenvalue weighted by Crippen LogP contribution is 2.31. The molecule has 8 heteroatoms. The Morgan fingerprint density at radius 2 is 2.12 bits per heavy atom. The van der Waals surface area contributed by atoms with Gasteiger partial charge in [0.25, 0.3) is 0 Å². The minimum atomic E-state index is -0.488. The topological polar surface area (TPSA) is 65.7 Å². The maximum atomic E-state index is 13.8. The normalized spacial score (nSPS) is 10.8. The van der Waals surface area contributed by atoms with E-state index in [2.05, 4.69) is 20.5 Å². The smallest absolute Gasteiger partial charge is 0.221 e. The fraction of sp³-hybridized carbons (Fsp3) is 0.250. The number of rotatable bonds is 5. The summed E-state index contributed by atoms with van der Waals surface area (Å²) in [6, 6.07) is 6.51. The summed E-state index contributed by atoms with van der Waals surface area (Å²) >= 11 is 5.77. The molecular formula is C16H15ClFN5O. The van der Waals surface area contributed by atoms with Gasteiger partial charge < -0.3 is 4.74 Å². The molecule has 0 amide bonds. The van der Waals surface area contributed by atoms with Gasteiger partial charge in [-0.15, -0.1) is 5.10 Å². The van der Waals surface area contributed by atoms with Crippen LogP contribution in [0.3, 0.4) is 0 Å². The lowest BCUT2D eigenvalue weighted by Gasteiger charge is -2.12. The van der Waals surface area contributed by atoms with Gasteiger partial charge >= 0.3 is 0 Å². The molecule has 0 saturated carbocycles. The lowest BCUT2D eigenvalue weighted by atomic mass is 10.0. The summed E-state index contributed by atoms with van der Waals surface area (Å²) < 4.78 is 21.0.